The lowest BCUT2D eigenvalue weighted by atomic mass is 9.75. The highest BCUT2D eigenvalue weighted by atomic mass is 16.3. The summed E-state index contributed by atoms with van der Waals surface area (Å²) in [5.74, 6) is -0.398. The van der Waals surface area contributed by atoms with Gasteiger partial charge in [0.1, 0.15) is 11.5 Å². The molecule has 1 aliphatic rings. The van der Waals surface area contributed by atoms with E-state index in [2.05, 4.69) is 4.90 Å². The summed E-state index contributed by atoms with van der Waals surface area (Å²) < 4.78 is 0. The van der Waals surface area contributed by atoms with Crippen LogP contribution in [0.2, 0.25) is 0 Å². The van der Waals surface area contributed by atoms with Gasteiger partial charge in [-0.2, -0.15) is 0 Å². The summed E-state index contributed by atoms with van der Waals surface area (Å²) in [6.45, 7) is 0.648. The molecule has 1 aromatic carbocycles. The first kappa shape index (κ1) is 14.7. The number of likely N-dealkylation sites (N-methyl/N-ethyl adjacent to an activating group) is 2. The summed E-state index contributed by atoms with van der Waals surface area (Å²) in [5, 5.41) is 18.9. The van der Waals surface area contributed by atoms with Gasteiger partial charge in [0.25, 0.3) is 5.91 Å². The second-order valence-corrected chi connectivity index (χ2v) is 5.87. The number of aromatic hydroxyl groups is 2. The third-order valence-electron chi connectivity index (χ3n) is 4.26. The number of benzene rings is 1. The van der Waals surface area contributed by atoms with E-state index in [1.165, 1.54) is 24.6 Å². The Balaban J connectivity index is 2.12. The van der Waals surface area contributed by atoms with Crippen LogP contribution in [0.4, 0.5) is 0 Å². The number of rotatable bonds is 4. The molecular weight excluding hydrogens is 256 g/mol. The van der Waals surface area contributed by atoms with Crippen LogP contribution in [0.1, 0.15) is 29.6 Å². The zero-order valence-corrected chi connectivity index (χ0v) is 12.3. The number of phenols is 2. The summed E-state index contributed by atoms with van der Waals surface area (Å²) in [5.41, 5.74) is 0.363. The molecule has 0 spiro atoms. The molecule has 2 N–H and O–H groups in total. The summed E-state index contributed by atoms with van der Waals surface area (Å²) in [4.78, 5) is 16.2. The number of hydrogen-bond donors (Lipinski definition) is 2. The monoisotopic (exact) mass is 278 g/mol. The van der Waals surface area contributed by atoms with E-state index in [4.69, 9.17) is 0 Å². The van der Waals surface area contributed by atoms with Crippen molar-refractivity contribution in [1.82, 2.24) is 9.80 Å². The molecule has 5 heteroatoms. The van der Waals surface area contributed by atoms with Crippen molar-refractivity contribution >= 4 is 5.91 Å². The van der Waals surface area contributed by atoms with Gasteiger partial charge in [-0.05, 0) is 45.5 Å². The van der Waals surface area contributed by atoms with E-state index in [1.807, 2.05) is 14.1 Å². The molecule has 5 nitrogen and oxygen atoms in total. The topological polar surface area (TPSA) is 64.0 Å². The number of hydrogen-bond acceptors (Lipinski definition) is 4. The van der Waals surface area contributed by atoms with E-state index in [0.717, 1.165) is 12.8 Å². The minimum absolute atomic E-state index is 0.0588. The molecule has 1 aromatic rings. The third-order valence-corrected chi connectivity index (χ3v) is 4.26. The van der Waals surface area contributed by atoms with Crippen LogP contribution >= 0.6 is 0 Å². The Morgan fingerprint density at radius 1 is 1.15 bits per heavy atom. The summed E-state index contributed by atoms with van der Waals surface area (Å²) >= 11 is 0. The lowest BCUT2D eigenvalue weighted by Gasteiger charge is -2.49. The summed E-state index contributed by atoms with van der Waals surface area (Å²) in [6, 6.07) is 3.97. The Hall–Kier alpha value is -1.75. The average molecular weight is 278 g/mol. The minimum Gasteiger partial charge on any atom is -0.508 e. The molecule has 1 amide bonds. The predicted molar refractivity (Wildman–Crippen MR) is 77.0 cm³/mol. The fraction of sp³-hybridized carbons (Fsp3) is 0.533. The largest absolute Gasteiger partial charge is 0.508 e. The van der Waals surface area contributed by atoms with Gasteiger partial charge < -0.3 is 20.0 Å². The Kier molecular flexibility index (Phi) is 3.90. The molecule has 0 bridgehead atoms. The summed E-state index contributed by atoms with van der Waals surface area (Å²) in [7, 11) is 5.84. The van der Waals surface area contributed by atoms with Crippen molar-refractivity contribution in [2.24, 2.45) is 0 Å². The molecular formula is C15H22N2O3. The van der Waals surface area contributed by atoms with E-state index >= 15 is 0 Å². The maximum Gasteiger partial charge on any atom is 0.253 e. The molecule has 0 unspecified atom stereocenters. The molecule has 2 rings (SSSR count). The highest BCUT2D eigenvalue weighted by molar-refractivity contribution is 5.95. The van der Waals surface area contributed by atoms with E-state index in [9.17, 15) is 15.0 Å². The van der Waals surface area contributed by atoms with Crippen molar-refractivity contribution in [3.8, 4) is 11.5 Å². The van der Waals surface area contributed by atoms with Crippen LogP contribution in [0, 0.1) is 0 Å². The number of carbonyl (C=O) groups is 1. The third kappa shape index (κ3) is 2.72. The van der Waals surface area contributed by atoms with E-state index in [-0.39, 0.29) is 22.9 Å². The van der Waals surface area contributed by atoms with Crippen LogP contribution in [-0.4, -0.2) is 59.1 Å². The second kappa shape index (κ2) is 5.32. The van der Waals surface area contributed by atoms with Gasteiger partial charge in [-0.15, -0.1) is 0 Å². The first-order valence-corrected chi connectivity index (χ1v) is 6.80. The number of carbonyl (C=O) groups excluding carboxylic acids is 1. The lowest BCUT2D eigenvalue weighted by molar-refractivity contribution is 0.0252. The maximum absolute atomic E-state index is 12.4. The summed E-state index contributed by atoms with van der Waals surface area (Å²) in [6.07, 6.45) is 3.36. The lowest BCUT2D eigenvalue weighted by Crippen LogP contribution is -2.57. The van der Waals surface area contributed by atoms with Crippen LogP contribution in [0.25, 0.3) is 0 Å². The molecule has 1 fully saturated rings. The highest BCUT2D eigenvalue weighted by Crippen LogP contribution is 2.37. The van der Waals surface area contributed by atoms with Crippen LogP contribution in [-0.2, 0) is 0 Å². The minimum atomic E-state index is -0.190. The standard InChI is InChI=1S/C15H22N2O3/c1-16(2)15(5-4-6-15)10-17(3)14(20)11-7-12(18)9-13(19)8-11/h7-9,18-19H,4-6,10H2,1-3H3. The van der Waals surface area contributed by atoms with Gasteiger partial charge in [0, 0.05) is 30.8 Å². The van der Waals surface area contributed by atoms with E-state index in [1.54, 1.807) is 11.9 Å². The van der Waals surface area contributed by atoms with Crippen molar-refractivity contribution in [2.75, 3.05) is 27.7 Å². The molecule has 0 atom stereocenters. The number of nitrogens with zero attached hydrogens (tertiary/aromatic N) is 2. The Bertz CT molecular complexity index is 490. The quantitative estimate of drug-likeness (QED) is 0.879. The van der Waals surface area contributed by atoms with Crippen LogP contribution in [0.5, 0.6) is 11.5 Å². The zero-order valence-electron chi connectivity index (χ0n) is 12.3. The second-order valence-electron chi connectivity index (χ2n) is 5.87. The highest BCUT2D eigenvalue weighted by Gasteiger charge is 2.40. The van der Waals surface area contributed by atoms with Crippen molar-refractivity contribution in [3.63, 3.8) is 0 Å². The van der Waals surface area contributed by atoms with Crippen molar-refractivity contribution in [3.05, 3.63) is 23.8 Å². The number of amides is 1. The molecule has 0 radical (unpaired) electrons. The molecule has 0 heterocycles. The smallest absolute Gasteiger partial charge is 0.253 e. The fourth-order valence-electron chi connectivity index (χ4n) is 2.78. The maximum atomic E-state index is 12.4. The van der Waals surface area contributed by atoms with Gasteiger partial charge >= 0.3 is 0 Å². The Morgan fingerprint density at radius 2 is 1.70 bits per heavy atom. The average Bonchev–Trinajstić information content (AvgIpc) is 2.30. The van der Waals surface area contributed by atoms with Crippen molar-refractivity contribution in [2.45, 2.75) is 24.8 Å². The van der Waals surface area contributed by atoms with Crippen LogP contribution in [0.3, 0.4) is 0 Å². The first-order valence-electron chi connectivity index (χ1n) is 6.80. The molecule has 1 aliphatic carbocycles. The van der Waals surface area contributed by atoms with Crippen molar-refractivity contribution < 1.29 is 15.0 Å². The van der Waals surface area contributed by atoms with Crippen molar-refractivity contribution in [1.29, 1.82) is 0 Å². The predicted octanol–water partition coefficient (Wildman–Crippen LogP) is 1.65. The molecule has 0 saturated heterocycles. The van der Waals surface area contributed by atoms with Crippen LogP contribution < -0.4 is 0 Å². The van der Waals surface area contributed by atoms with Gasteiger partial charge in [0.05, 0.1) is 0 Å². The normalized spacial score (nSPS) is 16.8. The van der Waals surface area contributed by atoms with E-state index in [0.29, 0.717) is 12.1 Å². The first-order chi connectivity index (χ1) is 9.34. The fourth-order valence-corrected chi connectivity index (χ4v) is 2.78. The Morgan fingerprint density at radius 3 is 2.10 bits per heavy atom. The molecule has 110 valence electrons. The van der Waals surface area contributed by atoms with E-state index < -0.39 is 0 Å². The van der Waals surface area contributed by atoms with Crippen LogP contribution in [0.15, 0.2) is 18.2 Å². The van der Waals surface area contributed by atoms with Gasteiger partial charge in [-0.3, -0.25) is 4.79 Å². The molecule has 0 aliphatic heterocycles. The number of phenolic OH excluding ortho intramolecular Hbond substituents is 2. The van der Waals surface area contributed by atoms with Gasteiger partial charge in [-0.1, -0.05) is 0 Å². The zero-order chi connectivity index (χ0) is 14.9. The SMILES string of the molecule is CN(CC1(N(C)C)CCC1)C(=O)c1cc(O)cc(O)c1. The molecule has 0 aromatic heterocycles. The molecule has 1 saturated carbocycles. The van der Waals surface area contributed by atoms with Gasteiger partial charge in [-0.25, -0.2) is 0 Å². The molecule has 20 heavy (non-hydrogen) atoms. The van der Waals surface area contributed by atoms with Gasteiger partial charge in [0.2, 0.25) is 0 Å². The van der Waals surface area contributed by atoms with Gasteiger partial charge in [0.15, 0.2) is 0 Å². The Labute approximate surface area is 119 Å².